The maximum absolute atomic E-state index is 12.6. The second-order valence-electron chi connectivity index (χ2n) is 3.34. The monoisotopic (exact) mass is 224 g/mol. The van der Waals surface area contributed by atoms with E-state index in [2.05, 4.69) is 0 Å². The highest BCUT2D eigenvalue weighted by molar-refractivity contribution is 6.08. The number of carbonyl (C=O) groups is 2. The van der Waals surface area contributed by atoms with Crippen molar-refractivity contribution >= 4 is 11.8 Å². The fraction of sp³-hybridized carbons (Fsp3) is 0.333. The molecule has 0 spiro atoms. The van der Waals surface area contributed by atoms with E-state index in [4.69, 9.17) is 4.74 Å². The highest BCUT2D eigenvalue weighted by Crippen LogP contribution is 2.11. The molecule has 1 rings (SSSR count). The Morgan fingerprint density at radius 2 is 1.88 bits per heavy atom. The summed E-state index contributed by atoms with van der Waals surface area (Å²) in [4.78, 5) is 23.1. The standard InChI is InChI=1S/C12H13FO3/c1-3-16-12(15)8(2)11(14)9-4-6-10(13)7-5-9/h4-8H,3H2,1-2H3/t8-/m1/s1. The Balaban J connectivity index is 2.78. The topological polar surface area (TPSA) is 43.4 Å². The Kier molecular flexibility index (Phi) is 4.17. The van der Waals surface area contributed by atoms with Crippen molar-refractivity contribution in [3.63, 3.8) is 0 Å². The first-order valence-electron chi connectivity index (χ1n) is 5.02. The molecule has 0 aliphatic rings. The lowest BCUT2D eigenvalue weighted by Crippen LogP contribution is -2.23. The van der Waals surface area contributed by atoms with Crippen LogP contribution in [0.1, 0.15) is 24.2 Å². The van der Waals surface area contributed by atoms with Crippen molar-refractivity contribution in [2.24, 2.45) is 5.92 Å². The van der Waals surface area contributed by atoms with Crippen LogP contribution in [-0.2, 0) is 9.53 Å². The second kappa shape index (κ2) is 5.39. The molecule has 86 valence electrons. The number of benzene rings is 1. The highest BCUT2D eigenvalue weighted by atomic mass is 19.1. The molecule has 16 heavy (non-hydrogen) atoms. The van der Waals surface area contributed by atoms with Crippen LogP contribution in [0.2, 0.25) is 0 Å². The van der Waals surface area contributed by atoms with Gasteiger partial charge >= 0.3 is 5.97 Å². The molecule has 4 heteroatoms. The third-order valence-corrected chi connectivity index (χ3v) is 2.16. The lowest BCUT2D eigenvalue weighted by Gasteiger charge is -2.09. The first kappa shape index (κ1) is 12.4. The first-order valence-corrected chi connectivity index (χ1v) is 5.02. The van der Waals surface area contributed by atoms with E-state index in [1.807, 2.05) is 0 Å². The largest absolute Gasteiger partial charge is 0.465 e. The van der Waals surface area contributed by atoms with Gasteiger partial charge < -0.3 is 4.74 Å². The fourth-order valence-corrected chi connectivity index (χ4v) is 1.24. The van der Waals surface area contributed by atoms with Crippen molar-refractivity contribution in [3.05, 3.63) is 35.6 Å². The lowest BCUT2D eigenvalue weighted by molar-refractivity contribution is -0.145. The number of hydrogen-bond donors (Lipinski definition) is 0. The minimum absolute atomic E-state index is 0.236. The van der Waals surface area contributed by atoms with Gasteiger partial charge in [0.2, 0.25) is 0 Å². The molecule has 0 amide bonds. The molecule has 3 nitrogen and oxygen atoms in total. The van der Waals surface area contributed by atoms with Crippen LogP contribution in [0.15, 0.2) is 24.3 Å². The SMILES string of the molecule is CCOC(=O)[C@H](C)C(=O)c1ccc(F)cc1. The maximum Gasteiger partial charge on any atom is 0.316 e. The quantitative estimate of drug-likeness (QED) is 0.447. The molecule has 1 aromatic rings. The summed E-state index contributed by atoms with van der Waals surface area (Å²) in [6.45, 7) is 3.39. The minimum atomic E-state index is -0.856. The average Bonchev–Trinajstić information content (AvgIpc) is 2.28. The summed E-state index contributed by atoms with van der Waals surface area (Å²) in [5, 5.41) is 0. The van der Waals surface area contributed by atoms with Gasteiger partial charge in [0, 0.05) is 5.56 Å². The van der Waals surface area contributed by atoms with Gasteiger partial charge in [-0.25, -0.2) is 4.39 Å². The van der Waals surface area contributed by atoms with Gasteiger partial charge in [-0.1, -0.05) is 0 Å². The molecule has 0 fully saturated rings. The van der Waals surface area contributed by atoms with Crippen molar-refractivity contribution in [3.8, 4) is 0 Å². The molecular weight excluding hydrogens is 211 g/mol. The molecular formula is C12H13FO3. The van der Waals surface area contributed by atoms with Crippen LogP contribution in [0.5, 0.6) is 0 Å². The Hall–Kier alpha value is -1.71. The number of esters is 1. The Bertz CT molecular complexity index is 384. The van der Waals surface area contributed by atoms with Gasteiger partial charge in [0.15, 0.2) is 5.78 Å². The maximum atomic E-state index is 12.6. The molecule has 0 N–H and O–H groups in total. The van der Waals surface area contributed by atoms with E-state index in [1.165, 1.54) is 31.2 Å². The molecule has 0 aromatic heterocycles. The molecule has 0 radical (unpaired) electrons. The van der Waals surface area contributed by atoms with Gasteiger partial charge in [-0.3, -0.25) is 9.59 Å². The van der Waals surface area contributed by atoms with E-state index in [1.54, 1.807) is 6.92 Å². The molecule has 0 aliphatic heterocycles. The molecule has 0 heterocycles. The molecule has 1 atom stereocenters. The Morgan fingerprint density at radius 1 is 1.31 bits per heavy atom. The van der Waals surface area contributed by atoms with Gasteiger partial charge in [-0.15, -0.1) is 0 Å². The number of hydrogen-bond acceptors (Lipinski definition) is 3. The average molecular weight is 224 g/mol. The van der Waals surface area contributed by atoms with E-state index in [-0.39, 0.29) is 12.4 Å². The number of carbonyl (C=O) groups excluding carboxylic acids is 2. The normalized spacial score (nSPS) is 11.9. The van der Waals surface area contributed by atoms with E-state index >= 15 is 0 Å². The minimum Gasteiger partial charge on any atom is -0.465 e. The summed E-state index contributed by atoms with van der Waals surface area (Å²) >= 11 is 0. The van der Waals surface area contributed by atoms with Crippen LogP contribution in [0.4, 0.5) is 4.39 Å². The number of rotatable bonds is 4. The zero-order valence-electron chi connectivity index (χ0n) is 9.20. The summed E-state index contributed by atoms with van der Waals surface area (Å²) in [5.74, 6) is -2.19. The van der Waals surface area contributed by atoms with Gasteiger partial charge in [-0.2, -0.15) is 0 Å². The summed E-state index contributed by atoms with van der Waals surface area (Å²) in [5.41, 5.74) is 0.307. The van der Waals surface area contributed by atoms with E-state index in [0.717, 1.165) is 0 Å². The van der Waals surface area contributed by atoms with Crippen LogP contribution in [0, 0.1) is 11.7 Å². The van der Waals surface area contributed by atoms with E-state index in [9.17, 15) is 14.0 Å². The molecule has 0 unspecified atom stereocenters. The highest BCUT2D eigenvalue weighted by Gasteiger charge is 2.23. The summed E-state index contributed by atoms with van der Waals surface area (Å²) < 4.78 is 17.4. The van der Waals surface area contributed by atoms with Gasteiger partial charge in [0.05, 0.1) is 6.61 Å². The third-order valence-electron chi connectivity index (χ3n) is 2.16. The predicted molar refractivity (Wildman–Crippen MR) is 56.5 cm³/mol. The van der Waals surface area contributed by atoms with Crippen LogP contribution in [0.25, 0.3) is 0 Å². The second-order valence-corrected chi connectivity index (χ2v) is 3.34. The van der Waals surface area contributed by atoms with E-state index < -0.39 is 17.7 Å². The smallest absolute Gasteiger partial charge is 0.316 e. The zero-order valence-corrected chi connectivity index (χ0v) is 9.20. The molecule has 0 saturated carbocycles. The van der Waals surface area contributed by atoms with Gasteiger partial charge in [0.1, 0.15) is 11.7 Å². The van der Waals surface area contributed by atoms with Gasteiger partial charge in [0.25, 0.3) is 0 Å². The summed E-state index contributed by atoms with van der Waals surface area (Å²) in [6, 6.07) is 5.08. The molecule has 1 aromatic carbocycles. The van der Waals surface area contributed by atoms with Crippen LogP contribution >= 0.6 is 0 Å². The number of Topliss-reactive ketones (excluding diaryl/α,β-unsaturated/α-hetero) is 1. The van der Waals surface area contributed by atoms with Crippen molar-refractivity contribution in [1.82, 2.24) is 0 Å². The molecule has 0 aliphatic carbocycles. The van der Waals surface area contributed by atoms with Crippen molar-refractivity contribution in [2.75, 3.05) is 6.61 Å². The Labute approximate surface area is 93.2 Å². The van der Waals surface area contributed by atoms with Crippen molar-refractivity contribution in [1.29, 1.82) is 0 Å². The number of ether oxygens (including phenoxy) is 1. The van der Waals surface area contributed by atoms with Crippen LogP contribution in [-0.4, -0.2) is 18.4 Å². The van der Waals surface area contributed by atoms with Crippen LogP contribution in [0.3, 0.4) is 0 Å². The lowest BCUT2D eigenvalue weighted by atomic mass is 9.99. The van der Waals surface area contributed by atoms with E-state index in [0.29, 0.717) is 5.56 Å². The Morgan fingerprint density at radius 3 is 2.38 bits per heavy atom. The summed E-state index contributed by atoms with van der Waals surface area (Å²) in [6.07, 6.45) is 0. The van der Waals surface area contributed by atoms with Gasteiger partial charge in [-0.05, 0) is 38.1 Å². The zero-order chi connectivity index (χ0) is 12.1. The molecule has 0 bridgehead atoms. The fourth-order valence-electron chi connectivity index (χ4n) is 1.24. The summed E-state index contributed by atoms with van der Waals surface area (Å²) in [7, 11) is 0. The van der Waals surface area contributed by atoms with Crippen LogP contribution < -0.4 is 0 Å². The number of halogens is 1. The van der Waals surface area contributed by atoms with Crippen molar-refractivity contribution < 1.29 is 18.7 Å². The number of ketones is 1. The first-order chi connectivity index (χ1) is 7.56. The molecule has 0 saturated heterocycles. The van der Waals surface area contributed by atoms with Crippen molar-refractivity contribution in [2.45, 2.75) is 13.8 Å². The third kappa shape index (κ3) is 2.89. The predicted octanol–water partition coefficient (Wildman–Crippen LogP) is 2.21.